The summed E-state index contributed by atoms with van der Waals surface area (Å²) in [4.78, 5) is 12.7. The van der Waals surface area contributed by atoms with Crippen LogP contribution in [0.2, 0.25) is 0 Å². The summed E-state index contributed by atoms with van der Waals surface area (Å²) in [6.45, 7) is 0. The zero-order chi connectivity index (χ0) is 20.1. The number of thiophene rings is 1. The molecule has 146 valence electrons. The molecule has 3 rings (SSSR count). The van der Waals surface area contributed by atoms with Crippen molar-refractivity contribution in [3.8, 4) is 0 Å². The fraction of sp³-hybridized carbons (Fsp3) is 0.105. The van der Waals surface area contributed by atoms with Crippen molar-refractivity contribution >= 4 is 33.0 Å². The number of carbonyl (C=O) groups is 1. The van der Waals surface area contributed by atoms with E-state index in [-0.39, 0.29) is 16.3 Å². The van der Waals surface area contributed by atoms with Crippen LogP contribution in [0.1, 0.15) is 5.56 Å². The van der Waals surface area contributed by atoms with Crippen LogP contribution in [0.4, 0.5) is 14.5 Å². The fourth-order valence-corrected chi connectivity index (χ4v) is 4.71. The van der Waals surface area contributed by atoms with Crippen LogP contribution < -0.4 is 10.0 Å². The average molecular weight is 422 g/mol. The number of sulfonamides is 1. The predicted octanol–water partition coefficient (Wildman–Crippen LogP) is 3.55. The lowest BCUT2D eigenvalue weighted by molar-refractivity contribution is -0.117. The van der Waals surface area contributed by atoms with Crippen molar-refractivity contribution in [2.24, 2.45) is 0 Å². The van der Waals surface area contributed by atoms with Crippen molar-refractivity contribution in [3.63, 3.8) is 0 Å². The van der Waals surface area contributed by atoms with E-state index in [4.69, 9.17) is 0 Å². The van der Waals surface area contributed by atoms with Crippen molar-refractivity contribution in [3.05, 3.63) is 83.2 Å². The second kappa shape index (κ2) is 8.59. The van der Waals surface area contributed by atoms with Gasteiger partial charge in [0.25, 0.3) is 10.0 Å². The summed E-state index contributed by atoms with van der Waals surface area (Å²) in [5.41, 5.74) is 0.763. The highest BCUT2D eigenvalue weighted by Crippen LogP contribution is 2.18. The maximum atomic E-state index is 13.4. The molecule has 1 aromatic heterocycles. The highest BCUT2D eigenvalue weighted by atomic mass is 32.2. The van der Waals surface area contributed by atoms with E-state index in [9.17, 15) is 22.0 Å². The maximum Gasteiger partial charge on any atom is 0.250 e. The third kappa shape index (κ3) is 5.00. The van der Waals surface area contributed by atoms with E-state index in [1.807, 2.05) is 0 Å². The van der Waals surface area contributed by atoms with Crippen LogP contribution in [-0.4, -0.2) is 20.4 Å². The van der Waals surface area contributed by atoms with Crippen LogP contribution in [0, 0.1) is 11.6 Å². The van der Waals surface area contributed by atoms with E-state index < -0.39 is 33.6 Å². The molecule has 5 nitrogen and oxygen atoms in total. The maximum absolute atomic E-state index is 13.4. The molecular formula is C19H16F2N2O3S2. The monoisotopic (exact) mass is 422 g/mol. The molecule has 1 heterocycles. The molecule has 0 aliphatic rings. The molecule has 1 atom stereocenters. The number of benzene rings is 2. The van der Waals surface area contributed by atoms with Gasteiger partial charge in [0.1, 0.15) is 10.3 Å². The van der Waals surface area contributed by atoms with Crippen LogP contribution in [0.5, 0.6) is 0 Å². The van der Waals surface area contributed by atoms with E-state index in [1.54, 1.807) is 41.8 Å². The average Bonchev–Trinajstić information content (AvgIpc) is 3.21. The van der Waals surface area contributed by atoms with Gasteiger partial charge in [0.15, 0.2) is 11.6 Å². The molecule has 0 saturated carbocycles. The topological polar surface area (TPSA) is 75.3 Å². The van der Waals surface area contributed by atoms with Gasteiger partial charge in [0, 0.05) is 11.8 Å². The minimum absolute atomic E-state index is 0.0253. The second-order valence-electron chi connectivity index (χ2n) is 5.91. The van der Waals surface area contributed by atoms with Crippen molar-refractivity contribution < 1.29 is 22.0 Å². The molecule has 0 spiro atoms. The normalized spacial score (nSPS) is 12.5. The first-order chi connectivity index (χ1) is 13.3. The summed E-state index contributed by atoms with van der Waals surface area (Å²) in [6.07, 6.45) is 0.0843. The number of rotatable bonds is 7. The van der Waals surface area contributed by atoms with E-state index in [2.05, 4.69) is 10.0 Å². The number of hydrogen-bond donors (Lipinski definition) is 2. The molecule has 3 aromatic rings. The number of hydrogen-bond acceptors (Lipinski definition) is 4. The van der Waals surface area contributed by atoms with Crippen LogP contribution in [0.25, 0.3) is 0 Å². The van der Waals surface area contributed by atoms with E-state index in [0.29, 0.717) is 0 Å². The lowest BCUT2D eigenvalue weighted by Crippen LogP contribution is -2.45. The molecule has 2 aromatic carbocycles. The van der Waals surface area contributed by atoms with Crippen LogP contribution in [-0.2, 0) is 21.2 Å². The van der Waals surface area contributed by atoms with Gasteiger partial charge in [-0.05, 0) is 35.6 Å². The van der Waals surface area contributed by atoms with Crippen LogP contribution in [0.3, 0.4) is 0 Å². The first-order valence-electron chi connectivity index (χ1n) is 8.21. The van der Waals surface area contributed by atoms with Gasteiger partial charge in [-0.25, -0.2) is 17.2 Å². The SMILES string of the molecule is O=C(Nc1ccc(F)c(F)c1)[C@H](Cc1ccccc1)NS(=O)(=O)c1cccs1. The third-order valence-electron chi connectivity index (χ3n) is 3.84. The van der Waals surface area contributed by atoms with Gasteiger partial charge in [-0.1, -0.05) is 36.4 Å². The Kier molecular flexibility index (Phi) is 6.18. The molecule has 2 N–H and O–H groups in total. The summed E-state index contributed by atoms with van der Waals surface area (Å²) in [5.74, 6) is -2.84. The van der Waals surface area contributed by atoms with Crippen molar-refractivity contribution in [2.45, 2.75) is 16.7 Å². The van der Waals surface area contributed by atoms with Gasteiger partial charge >= 0.3 is 0 Å². The van der Waals surface area contributed by atoms with Crippen molar-refractivity contribution in [1.29, 1.82) is 0 Å². The quantitative estimate of drug-likeness (QED) is 0.611. The Morgan fingerprint density at radius 2 is 1.75 bits per heavy atom. The molecule has 9 heteroatoms. The molecule has 0 saturated heterocycles. The summed E-state index contributed by atoms with van der Waals surface area (Å²) in [7, 11) is -3.91. The zero-order valence-electron chi connectivity index (χ0n) is 14.4. The molecule has 0 bridgehead atoms. The number of halogens is 2. The summed E-state index contributed by atoms with van der Waals surface area (Å²) in [5, 5.41) is 4.04. The van der Waals surface area contributed by atoms with Gasteiger partial charge < -0.3 is 5.32 Å². The summed E-state index contributed by atoms with van der Waals surface area (Å²) >= 11 is 1.02. The van der Waals surface area contributed by atoms with Gasteiger partial charge in [-0.3, -0.25) is 4.79 Å². The first-order valence-corrected chi connectivity index (χ1v) is 10.6. The number of nitrogens with one attached hydrogen (secondary N) is 2. The summed E-state index contributed by atoms with van der Waals surface area (Å²) < 4.78 is 54.1. The van der Waals surface area contributed by atoms with Gasteiger partial charge in [-0.15, -0.1) is 11.3 Å². The van der Waals surface area contributed by atoms with Gasteiger partial charge in [-0.2, -0.15) is 4.72 Å². The van der Waals surface area contributed by atoms with Crippen molar-refractivity contribution in [1.82, 2.24) is 4.72 Å². The highest BCUT2D eigenvalue weighted by Gasteiger charge is 2.27. The number of anilines is 1. The Hall–Kier alpha value is -2.62. The second-order valence-corrected chi connectivity index (χ2v) is 8.80. The molecule has 0 aliphatic heterocycles. The van der Waals surface area contributed by atoms with Gasteiger partial charge in [0.2, 0.25) is 5.91 Å². The minimum Gasteiger partial charge on any atom is -0.325 e. The van der Waals surface area contributed by atoms with Crippen LogP contribution >= 0.6 is 11.3 Å². The minimum atomic E-state index is -3.91. The Labute approximate surface area is 165 Å². The Bertz CT molecular complexity index is 1060. The molecule has 0 unspecified atom stereocenters. The molecule has 0 fully saturated rings. The van der Waals surface area contributed by atoms with Crippen molar-refractivity contribution in [2.75, 3.05) is 5.32 Å². The number of amides is 1. The standard InChI is InChI=1S/C19H16F2N2O3S2/c20-15-9-8-14(12-16(15)21)22-19(24)17(11-13-5-2-1-3-6-13)23-28(25,26)18-7-4-10-27-18/h1-10,12,17,23H,11H2,(H,22,24)/t17-/m0/s1. The Balaban J connectivity index is 1.84. The van der Waals surface area contributed by atoms with E-state index >= 15 is 0 Å². The predicted molar refractivity (Wildman–Crippen MR) is 104 cm³/mol. The van der Waals surface area contributed by atoms with Gasteiger partial charge in [0.05, 0.1) is 0 Å². The largest absolute Gasteiger partial charge is 0.325 e. The van der Waals surface area contributed by atoms with E-state index in [0.717, 1.165) is 29.0 Å². The third-order valence-corrected chi connectivity index (χ3v) is 6.71. The fourth-order valence-electron chi connectivity index (χ4n) is 2.50. The van der Waals surface area contributed by atoms with Crippen LogP contribution in [0.15, 0.2) is 70.3 Å². The Morgan fingerprint density at radius 1 is 1.00 bits per heavy atom. The molecular weight excluding hydrogens is 406 g/mol. The zero-order valence-corrected chi connectivity index (χ0v) is 16.1. The Morgan fingerprint density at radius 3 is 2.39 bits per heavy atom. The summed E-state index contributed by atoms with van der Waals surface area (Å²) in [6, 6.07) is 13.7. The molecule has 1 amide bonds. The molecule has 0 radical (unpaired) electrons. The molecule has 28 heavy (non-hydrogen) atoms. The first kappa shape index (κ1) is 20.1. The lowest BCUT2D eigenvalue weighted by Gasteiger charge is -2.18. The highest BCUT2D eigenvalue weighted by molar-refractivity contribution is 7.91. The smallest absolute Gasteiger partial charge is 0.250 e. The molecule has 0 aliphatic carbocycles. The number of carbonyl (C=O) groups excluding carboxylic acids is 1. The lowest BCUT2D eigenvalue weighted by atomic mass is 10.1. The van der Waals surface area contributed by atoms with E-state index in [1.165, 1.54) is 12.1 Å².